The number of nitrogens with zero attached hydrogens (tertiary/aromatic N) is 3. The predicted octanol–water partition coefficient (Wildman–Crippen LogP) is 6.93. The average molecular weight is 605 g/mol. The summed E-state index contributed by atoms with van der Waals surface area (Å²) in [5, 5.41) is 9.80. The summed E-state index contributed by atoms with van der Waals surface area (Å²) in [5.74, 6) is 0.874. The molecule has 2 atom stereocenters. The molecule has 6 rings (SSSR count). The van der Waals surface area contributed by atoms with Crippen LogP contribution in [0.1, 0.15) is 42.0 Å². The summed E-state index contributed by atoms with van der Waals surface area (Å²) in [6.07, 6.45) is 1.40. The second-order valence-electron chi connectivity index (χ2n) is 11.9. The zero-order valence-corrected chi connectivity index (χ0v) is 25.4. The number of hydrogen-bond acceptors (Lipinski definition) is 4. The number of ether oxygens (including phenoxy) is 1. The number of benzene rings is 4. The van der Waals surface area contributed by atoms with E-state index in [1.165, 1.54) is 16.0 Å². The Morgan fingerprint density at radius 3 is 2.33 bits per heavy atom. The van der Waals surface area contributed by atoms with Crippen LogP contribution in [0.3, 0.4) is 0 Å². The van der Waals surface area contributed by atoms with Crippen LogP contribution in [-0.2, 0) is 19.7 Å². The van der Waals surface area contributed by atoms with E-state index in [1.54, 1.807) is 0 Å². The van der Waals surface area contributed by atoms with Gasteiger partial charge in [-0.25, -0.2) is 9.59 Å². The summed E-state index contributed by atoms with van der Waals surface area (Å²) in [6, 6.07) is 36.6. The molecule has 2 heterocycles. The number of carboxylic acid groups (broad SMARTS) is 1. The molecule has 2 unspecified atom stereocenters. The topological polar surface area (TPSA) is 90.8 Å². The van der Waals surface area contributed by atoms with E-state index < -0.39 is 6.09 Å². The second-order valence-corrected chi connectivity index (χ2v) is 11.9. The fraction of sp³-hybridized carbons (Fsp3) is 0.297. The third-order valence-electron chi connectivity index (χ3n) is 8.77. The first-order chi connectivity index (χ1) is 22.0. The molecule has 1 aliphatic rings. The summed E-state index contributed by atoms with van der Waals surface area (Å²) >= 11 is 0. The maximum atomic E-state index is 13.1. The number of rotatable bonds is 12. The molecule has 8 heteroatoms. The number of hydrogen-bond donors (Lipinski definition) is 2. The number of amides is 1. The Balaban J connectivity index is 1.16. The molecule has 1 aliphatic heterocycles. The zero-order valence-electron chi connectivity index (χ0n) is 25.4. The average Bonchev–Trinajstić information content (AvgIpc) is 3.40. The highest BCUT2D eigenvalue weighted by Crippen LogP contribution is 2.33. The molecule has 0 saturated carbocycles. The zero-order chi connectivity index (χ0) is 31.0. The number of nitrogens with one attached hydrogen (secondary N) is 1. The van der Waals surface area contributed by atoms with Crippen molar-refractivity contribution in [1.29, 1.82) is 0 Å². The predicted molar refractivity (Wildman–Crippen MR) is 176 cm³/mol. The number of aromatic amines is 1. The van der Waals surface area contributed by atoms with Crippen molar-refractivity contribution in [2.75, 3.05) is 19.6 Å². The van der Waals surface area contributed by atoms with Gasteiger partial charge in [-0.15, -0.1) is 0 Å². The number of carbonyl (C=O) groups is 1. The van der Waals surface area contributed by atoms with E-state index in [1.807, 2.05) is 65.2 Å². The number of likely N-dealkylation sites (tertiary alicyclic amines) is 1. The lowest BCUT2D eigenvalue weighted by molar-refractivity contribution is 0.0932. The van der Waals surface area contributed by atoms with Crippen molar-refractivity contribution < 1.29 is 14.6 Å². The standard InChI is InChI=1S/C37H40N4O4/c42-36-38-33-18-7-8-19-35(33)41(36)34-20-22-40(37(43)44)26-31(34)16-10-21-39(24-28-11-3-1-4-12-28)25-30-15-9-17-32(23-30)45-27-29-13-5-2-6-14-29/h1-9,11-15,17-19,23,31,34H,10,16,20-22,24-27H2,(H,38,42)(H,43,44). The Morgan fingerprint density at radius 2 is 1.56 bits per heavy atom. The minimum absolute atomic E-state index is 0.0278. The highest BCUT2D eigenvalue weighted by molar-refractivity contribution is 5.75. The van der Waals surface area contributed by atoms with Gasteiger partial charge in [-0.1, -0.05) is 84.9 Å². The van der Waals surface area contributed by atoms with Crippen LogP contribution in [0.4, 0.5) is 4.79 Å². The number of H-pyrrole nitrogens is 1. The molecule has 0 aliphatic carbocycles. The molecular weight excluding hydrogens is 564 g/mol. The molecular formula is C37H40N4O4. The molecule has 1 amide bonds. The van der Waals surface area contributed by atoms with Crippen LogP contribution in [0.5, 0.6) is 5.75 Å². The Hall–Kier alpha value is -4.82. The quantitative estimate of drug-likeness (QED) is 0.161. The Kier molecular flexibility index (Phi) is 9.61. The van der Waals surface area contributed by atoms with E-state index in [4.69, 9.17) is 4.74 Å². The number of piperidine rings is 1. The fourth-order valence-electron chi connectivity index (χ4n) is 6.59. The Bertz CT molecular complexity index is 1750. The van der Waals surface area contributed by atoms with Crippen LogP contribution in [0.15, 0.2) is 114 Å². The molecule has 2 N–H and O–H groups in total. The maximum Gasteiger partial charge on any atom is 0.407 e. The fourth-order valence-corrected chi connectivity index (χ4v) is 6.59. The summed E-state index contributed by atoms with van der Waals surface area (Å²) in [7, 11) is 0. The third kappa shape index (κ3) is 7.64. The van der Waals surface area contributed by atoms with Gasteiger partial charge in [-0.2, -0.15) is 0 Å². The van der Waals surface area contributed by atoms with Crippen molar-refractivity contribution in [3.63, 3.8) is 0 Å². The van der Waals surface area contributed by atoms with Crippen molar-refractivity contribution in [3.8, 4) is 5.75 Å². The monoisotopic (exact) mass is 604 g/mol. The molecule has 0 spiro atoms. The van der Waals surface area contributed by atoms with Crippen LogP contribution >= 0.6 is 0 Å². The smallest absolute Gasteiger partial charge is 0.407 e. The van der Waals surface area contributed by atoms with E-state index in [0.29, 0.717) is 26.1 Å². The molecule has 45 heavy (non-hydrogen) atoms. The van der Waals surface area contributed by atoms with Crippen LogP contribution in [0, 0.1) is 5.92 Å². The second kappa shape index (κ2) is 14.3. The minimum atomic E-state index is -0.898. The highest BCUT2D eigenvalue weighted by atomic mass is 16.5. The lowest BCUT2D eigenvalue weighted by Crippen LogP contribution is -2.45. The number of aromatic nitrogens is 2. The van der Waals surface area contributed by atoms with Crippen molar-refractivity contribution >= 4 is 17.1 Å². The minimum Gasteiger partial charge on any atom is -0.489 e. The van der Waals surface area contributed by atoms with Gasteiger partial charge in [0.25, 0.3) is 0 Å². The van der Waals surface area contributed by atoms with E-state index in [2.05, 4.69) is 58.4 Å². The number of para-hydroxylation sites is 2. The van der Waals surface area contributed by atoms with Crippen molar-refractivity contribution in [3.05, 3.63) is 136 Å². The van der Waals surface area contributed by atoms with Gasteiger partial charge in [0.15, 0.2) is 0 Å². The number of imidazole rings is 1. The highest BCUT2D eigenvalue weighted by Gasteiger charge is 2.34. The Morgan fingerprint density at radius 1 is 0.867 bits per heavy atom. The molecule has 232 valence electrons. The third-order valence-corrected chi connectivity index (χ3v) is 8.77. The van der Waals surface area contributed by atoms with Gasteiger partial charge in [0.05, 0.1) is 11.0 Å². The van der Waals surface area contributed by atoms with E-state index >= 15 is 0 Å². The molecule has 0 bridgehead atoms. The molecule has 8 nitrogen and oxygen atoms in total. The van der Waals surface area contributed by atoms with Crippen LogP contribution < -0.4 is 10.4 Å². The summed E-state index contributed by atoms with van der Waals surface area (Å²) in [4.78, 5) is 32.0. The van der Waals surface area contributed by atoms with Gasteiger partial charge in [0, 0.05) is 32.2 Å². The first kappa shape index (κ1) is 30.2. The molecule has 1 saturated heterocycles. The molecule has 0 radical (unpaired) electrons. The van der Waals surface area contributed by atoms with Gasteiger partial charge in [0.1, 0.15) is 12.4 Å². The molecule has 4 aromatic carbocycles. The summed E-state index contributed by atoms with van der Waals surface area (Å²) in [6.45, 7) is 3.76. The lowest BCUT2D eigenvalue weighted by Gasteiger charge is -2.38. The normalized spacial score (nSPS) is 16.7. The van der Waals surface area contributed by atoms with Crippen molar-refractivity contribution in [2.24, 2.45) is 5.92 Å². The van der Waals surface area contributed by atoms with Gasteiger partial charge >= 0.3 is 11.8 Å². The largest absolute Gasteiger partial charge is 0.489 e. The van der Waals surface area contributed by atoms with Crippen molar-refractivity contribution in [1.82, 2.24) is 19.4 Å². The lowest BCUT2D eigenvalue weighted by atomic mass is 9.87. The first-order valence-electron chi connectivity index (χ1n) is 15.7. The SMILES string of the molecule is O=C(O)N1CCC(n2c(=O)[nH]c3ccccc32)C(CCCN(Cc2ccccc2)Cc2cccc(OCc3ccccc3)c2)C1. The van der Waals surface area contributed by atoms with Crippen LogP contribution in [0.25, 0.3) is 11.0 Å². The molecule has 5 aromatic rings. The van der Waals surface area contributed by atoms with Gasteiger partial charge < -0.3 is 19.7 Å². The van der Waals surface area contributed by atoms with Crippen LogP contribution in [0.2, 0.25) is 0 Å². The van der Waals surface area contributed by atoms with E-state index in [-0.39, 0.29) is 17.6 Å². The van der Waals surface area contributed by atoms with Crippen LogP contribution in [-0.4, -0.2) is 50.2 Å². The summed E-state index contributed by atoms with van der Waals surface area (Å²) < 4.78 is 7.97. The Labute approximate surface area is 263 Å². The maximum absolute atomic E-state index is 13.1. The first-order valence-corrected chi connectivity index (χ1v) is 15.7. The molecule has 1 aromatic heterocycles. The molecule has 1 fully saturated rings. The van der Waals surface area contributed by atoms with E-state index in [0.717, 1.165) is 54.8 Å². The van der Waals surface area contributed by atoms with E-state index in [9.17, 15) is 14.7 Å². The number of fused-ring (bicyclic) bond motifs is 1. The van der Waals surface area contributed by atoms with Crippen molar-refractivity contribution in [2.45, 2.75) is 45.0 Å². The van der Waals surface area contributed by atoms with Gasteiger partial charge in [-0.05, 0) is 72.7 Å². The summed E-state index contributed by atoms with van der Waals surface area (Å²) in [5.41, 5.74) is 5.11. The van der Waals surface area contributed by atoms with Gasteiger partial charge in [0.2, 0.25) is 0 Å². The van der Waals surface area contributed by atoms with Gasteiger partial charge in [-0.3, -0.25) is 9.47 Å².